The minimum atomic E-state index is -1.22. The second kappa shape index (κ2) is 8.68. The van der Waals surface area contributed by atoms with Crippen LogP contribution >= 0.6 is 11.3 Å². The van der Waals surface area contributed by atoms with Crippen LogP contribution in [0.5, 0.6) is 0 Å². The van der Waals surface area contributed by atoms with Gasteiger partial charge in [0, 0.05) is 4.88 Å². The number of benzene rings is 2. The molecule has 34 heavy (non-hydrogen) atoms. The number of fused-ring (bicyclic) bond motifs is 1. The number of carbonyl (C=O) groups is 3. The molecule has 0 unspecified atom stereocenters. The Labute approximate surface area is 200 Å². The van der Waals surface area contributed by atoms with Gasteiger partial charge in [-0.1, -0.05) is 36.4 Å². The number of nitrogens with one attached hydrogen (secondary N) is 2. The molecule has 2 atom stereocenters. The summed E-state index contributed by atoms with van der Waals surface area (Å²) in [5, 5.41) is 7.57. The van der Waals surface area contributed by atoms with Crippen LogP contribution in [-0.2, 0) is 28.0 Å². The van der Waals surface area contributed by atoms with E-state index in [2.05, 4.69) is 10.6 Å². The first kappa shape index (κ1) is 22.3. The number of carbonyl (C=O) groups excluding carboxylic acids is 3. The van der Waals surface area contributed by atoms with Crippen LogP contribution in [0.3, 0.4) is 0 Å². The molecule has 2 N–H and O–H groups in total. The van der Waals surface area contributed by atoms with E-state index in [0.29, 0.717) is 5.56 Å². The molecule has 0 bridgehead atoms. The molecule has 3 aromatic rings. The average molecular weight is 478 g/mol. The molecule has 1 aliphatic heterocycles. The maximum absolute atomic E-state index is 13.4. The van der Waals surface area contributed by atoms with Gasteiger partial charge < -0.3 is 10.6 Å². The van der Waals surface area contributed by atoms with E-state index in [0.717, 1.165) is 34.6 Å². The number of aryl methyl sites for hydroxylation is 2. The topological polar surface area (TPSA) is 78.5 Å². The molecule has 2 aliphatic rings. The lowest BCUT2D eigenvalue weighted by atomic mass is 9.89. The third-order valence-electron chi connectivity index (χ3n) is 6.59. The van der Waals surface area contributed by atoms with Gasteiger partial charge in [0.15, 0.2) is 0 Å². The van der Waals surface area contributed by atoms with Gasteiger partial charge in [0.05, 0.1) is 6.04 Å². The number of rotatable bonds is 6. The maximum Gasteiger partial charge on any atom is 0.325 e. The minimum Gasteiger partial charge on any atom is -0.343 e. The Bertz CT molecular complexity index is 1260. The number of amides is 4. The van der Waals surface area contributed by atoms with E-state index in [1.807, 2.05) is 35.7 Å². The van der Waals surface area contributed by atoms with Gasteiger partial charge in [-0.3, -0.25) is 14.5 Å². The first-order valence-corrected chi connectivity index (χ1v) is 12.1. The van der Waals surface area contributed by atoms with Crippen molar-refractivity contribution in [1.82, 2.24) is 15.5 Å². The van der Waals surface area contributed by atoms with Crippen molar-refractivity contribution in [2.75, 3.05) is 6.54 Å². The Kier molecular flexibility index (Phi) is 5.69. The predicted octanol–water partition coefficient (Wildman–Crippen LogP) is 4.05. The average Bonchev–Trinajstić information content (AvgIpc) is 3.56. The van der Waals surface area contributed by atoms with Gasteiger partial charge in [0.1, 0.15) is 17.9 Å². The van der Waals surface area contributed by atoms with Crippen molar-refractivity contribution in [3.05, 3.63) is 92.9 Å². The highest BCUT2D eigenvalue weighted by atomic mass is 32.1. The number of thiophene rings is 1. The molecule has 6 nitrogen and oxygen atoms in total. The van der Waals surface area contributed by atoms with Gasteiger partial charge in [0.25, 0.3) is 5.91 Å². The Balaban J connectivity index is 1.34. The van der Waals surface area contributed by atoms with E-state index in [9.17, 15) is 18.8 Å². The summed E-state index contributed by atoms with van der Waals surface area (Å²) in [6.07, 6.45) is 3.07. The van der Waals surface area contributed by atoms with Gasteiger partial charge in [-0.05, 0) is 72.0 Å². The van der Waals surface area contributed by atoms with E-state index in [1.165, 1.54) is 34.6 Å². The molecule has 2 heterocycles. The van der Waals surface area contributed by atoms with Gasteiger partial charge >= 0.3 is 6.03 Å². The summed E-state index contributed by atoms with van der Waals surface area (Å²) >= 11 is 1.45. The molecule has 4 amide bonds. The quantitative estimate of drug-likeness (QED) is 0.526. The second-order valence-corrected chi connectivity index (χ2v) is 9.83. The highest BCUT2D eigenvalue weighted by Gasteiger charge is 2.49. The molecule has 1 saturated heterocycles. The summed E-state index contributed by atoms with van der Waals surface area (Å²) < 4.78 is 13.4. The Morgan fingerprint density at radius 3 is 2.65 bits per heavy atom. The lowest BCUT2D eigenvalue weighted by molar-refractivity contribution is -0.135. The van der Waals surface area contributed by atoms with Crippen LogP contribution in [0.15, 0.2) is 60.0 Å². The fourth-order valence-electron chi connectivity index (χ4n) is 4.70. The van der Waals surface area contributed by atoms with Crippen molar-refractivity contribution in [1.29, 1.82) is 0 Å². The first-order valence-electron chi connectivity index (χ1n) is 11.2. The van der Waals surface area contributed by atoms with Gasteiger partial charge in [-0.2, -0.15) is 0 Å². The standard InChI is InChI=1S/C26H24FN3O3S/c1-26(19-10-7-16-4-2-5-18(16)14-19)24(32)30(25(33)29-26)15-22(31)28-23(21-6-3-13-34-21)17-8-11-20(27)12-9-17/h3,6-14,23H,2,4-5,15H2,1H3,(H,28,31)(H,29,33)/t23-,26-/m0/s1. The normalized spacial score (nSPS) is 20.2. The summed E-state index contributed by atoms with van der Waals surface area (Å²) in [5.41, 5.74) is 2.68. The SMILES string of the molecule is C[C@@]1(c2ccc3c(c2)CCC3)NC(=O)N(CC(=O)N[C@@H](c2ccc(F)cc2)c2cccs2)C1=O. The molecule has 2 aromatic carbocycles. The summed E-state index contributed by atoms with van der Waals surface area (Å²) in [7, 11) is 0. The summed E-state index contributed by atoms with van der Waals surface area (Å²) in [6, 6.07) is 14.4. The van der Waals surface area contributed by atoms with Gasteiger partial charge in [-0.25, -0.2) is 9.18 Å². The van der Waals surface area contributed by atoms with Crippen molar-refractivity contribution in [3.8, 4) is 0 Å². The largest absolute Gasteiger partial charge is 0.343 e. The Hall–Kier alpha value is -3.52. The maximum atomic E-state index is 13.4. The van der Waals surface area contributed by atoms with Gasteiger partial charge in [0.2, 0.25) is 5.91 Å². The van der Waals surface area contributed by atoms with Crippen LogP contribution in [0.2, 0.25) is 0 Å². The molecular weight excluding hydrogens is 453 g/mol. The van der Waals surface area contributed by atoms with E-state index < -0.39 is 36.0 Å². The molecule has 8 heteroatoms. The highest BCUT2D eigenvalue weighted by Crippen LogP contribution is 2.33. The van der Waals surface area contributed by atoms with Crippen LogP contribution in [0.25, 0.3) is 0 Å². The summed E-state index contributed by atoms with van der Waals surface area (Å²) in [5.74, 6) is -1.31. The van der Waals surface area contributed by atoms with Crippen molar-refractivity contribution in [3.63, 3.8) is 0 Å². The number of nitrogens with zero attached hydrogens (tertiary/aromatic N) is 1. The molecule has 5 rings (SSSR count). The molecule has 1 fully saturated rings. The fourth-order valence-corrected chi connectivity index (χ4v) is 5.50. The zero-order chi connectivity index (χ0) is 23.9. The third kappa shape index (κ3) is 3.98. The first-order chi connectivity index (χ1) is 16.3. The van der Waals surface area contributed by atoms with Crippen LogP contribution < -0.4 is 10.6 Å². The number of hydrogen-bond donors (Lipinski definition) is 2. The number of halogens is 1. The zero-order valence-electron chi connectivity index (χ0n) is 18.6. The van der Waals surface area contributed by atoms with Crippen molar-refractivity contribution in [2.45, 2.75) is 37.8 Å². The number of urea groups is 1. The summed E-state index contributed by atoms with van der Waals surface area (Å²) in [6.45, 7) is 1.27. The van der Waals surface area contributed by atoms with E-state index in [1.54, 1.807) is 19.1 Å². The fraction of sp³-hybridized carbons (Fsp3) is 0.269. The smallest absolute Gasteiger partial charge is 0.325 e. The highest BCUT2D eigenvalue weighted by molar-refractivity contribution is 7.10. The van der Waals surface area contributed by atoms with Crippen molar-refractivity contribution in [2.24, 2.45) is 0 Å². The predicted molar refractivity (Wildman–Crippen MR) is 127 cm³/mol. The van der Waals surface area contributed by atoms with Crippen molar-refractivity contribution >= 4 is 29.2 Å². The summed E-state index contributed by atoms with van der Waals surface area (Å²) in [4.78, 5) is 40.9. The van der Waals surface area contributed by atoms with Crippen LogP contribution in [0.4, 0.5) is 9.18 Å². The van der Waals surface area contributed by atoms with Crippen LogP contribution in [-0.4, -0.2) is 29.3 Å². The lowest BCUT2D eigenvalue weighted by Crippen LogP contribution is -2.44. The van der Waals surface area contributed by atoms with Crippen molar-refractivity contribution < 1.29 is 18.8 Å². The molecular formula is C26H24FN3O3S. The second-order valence-electron chi connectivity index (χ2n) is 8.85. The monoisotopic (exact) mass is 477 g/mol. The number of hydrogen-bond acceptors (Lipinski definition) is 4. The van der Waals surface area contributed by atoms with Crippen LogP contribution in [0.1, 0.15) is 46.5 Å². The van der Waals surface area contributed by atoms with Crippen LogP contribution in [0, 0.1) is 5.82 Å². The molecule has 0 spiro atoms. The third-order valence-corrected chi connectivity index (χ3v) is 7.53. The minimum absolute atomic E-state index is 0.370. The molecule has 1 aromatic heterocycles. The molecule has 174 valence electrons. The van der Waals surface area contributed by atoms with E-state index in [4.69, 9.17) is 0 Å². The molecule has 0 radical (unpaired) electrons. The molecule has 0 saturated carbocycles. The lowest BCUT2D eigenvalue weighted by Gasteiger charge is -2.23. The Morgan fingerprint density at radius 2 is 1.91 bits per heavy atom. The Morgan fingerprint density at radius 1 is 1.15 bits per heavy atom. The zero-order valence-corrected chi connectivity index (χ0v) is 19.5. The molecule has 1 aliphatic carbocycles. The number of imide groups is 1. The van der Waals surface area contributed by atoms with Gasteiger partial charge in [-0.15, -0.1) is 11.3 Å². The van der Waals surface area contributed by atoms with E-state index >= 15 is 0 Å². The van der Waals surface area contributed by atoms with E-state index in [-0.39, 0.29) is 5.82 Å².